The summed E-state index contributed by atoms with van der Waals surface area (Å²) >= 11 is 0. The van der Waals surface area contributed by atoms with Gasteiger partial charge in [-0.3, -0.25) is 0 Å². The lowest BCUT2D eigenvalue weighted by atomic mass is 9.98. The van der Waals surface area contributed by atoms with E-state index in [0.717, 1.165) is 12.1 Å². The molecule has 0 unspecified atom stereocenters. The summed E-state index contributed by atoms with van der Waals surface area (Å²) < 4.78 is 0. The molecule has 2 atom stereocenters. The highest BCUT2D eigenvalue weighted by Gasteiger charge is 2.32. The molecule has 2 bridgehead atoms. The topological polar surface area (TPSA) is 12.0 Å². The van der Waals surface area contributed by atoms with Gasteiger partial charge in [0.1, 0.15) is 0 Å². The maximum absolute atomic E-state index is 3.67. The molecule has 1 aliphatic carbocycles. The highest BCUT2D eigenvalue weighted by Crippen LogP contribution is 2.40. The van der Waals surface area contributed by atoms with Crippen molar-refractivity contribution in [3.05, 3.63) is 11.1 Å². The third-order valence-corrected chi connectivity index (χ3v) is 3.32. The molecule has 0 amide bonds. The van der Waals surface area contributed by atoms with Crippen molar-refractivity contribution in [2.45, 2.75) is 50.6 Å². The van der Waals surface area contributed by atoms with Gasteiger partial charge in [0.15, 0.2) is 0 Å². The molecule has 3 aliphatic rings. The zero-order valence-electron chi connectivity index (χ0n) is 6.90. The Morgan fingerprint density at radius 1 is 0.909 bits per heavy atom. The Morgan fingerprint density at radius 2 is 1.55 bits per heavy atom. The van der Waals surface area contributed by atoms with Crippen molar-refractivity contribution in [1.29, 1.82) is 0 Å². The van der Waals surface area contributed by atoms with Gasteiger partial charge >= 0.3 is 0 Å². The predicted molar refractivity (Wildman–Crippen MR) is 45.4 cm³/mol. The average molecular weight is 149 g/mol. The predicted octanol–water partition coefficient (Wildman–Crippen LogP) is 1.99. The fourth-order valence-electron chi connectivity index (χ4n) is 2.61. The minimum Gasteiger partial charge on any atom is -0.311 e. The van der Waals surface area contributed by atoms with Crippen LogP contribution in [0.4, 0.5) is 0 Å². The summed E-state index contributed by atoms with van der Waals surface area (Å²) in [4.78, 5) is 0. The second-order valence-electron chi connectivity index (χ2n) is 4.25. The van der Waals surface area contributed by atoms with Gasteiger partial charge in [-0.05, 0) is 38.5 Å². The van der Waals surface area contributed by atoms with Crippen LogP contribution in [0, 0.1) is 0 Å². The first-order valence-corrected chi connectivity index (χ1v) is 4.87. The summed E-state index contributed by atoms with van der Waals surface area (Å²) in [6.45, 7) is 0. The molecule has 11 heavy (non-hydrogen) atoms. The quantitative estimate of drug-likeness (QED) is 0.519. The number of hydrogen-bond donors (Lipinski definition) is 1. The van der Waals surface area contributed by atoms with Gasteiger partial charge in [0.05, 0.1) is 0 Å². The second-order valence-corrected chi connectivity index (χ2v) is 4.25. The van der Waals surface area contributed by atoms with Crippen molar-refractivity contribution in [3.63, 3.8) is 0 Å². The smallest absolute Gasteiger partial charge is 0.0108 e. The maximum Gasteiger partial charge on any atom is 0.0108 e. The maximum atomic E-state index is 3.67. The van der Waals surface area contributed by atoms with E-state index in [9.17, 15) is 0 Å². The molecule has 2 saturated heterocycles. The van der Waals surface area contributed by atoms with Crippen LogP contribution in [0.25, 0.3) is 0 Å². The fourth-order valence-corrected chi connectivity index (χ4v) is 2.61. The Balaban J connectivity index is 1.86. The Hall–Kier alpha value is -0.300. The van der Waals surface area contributed by atoms with Crippen molar-refractivity contribution in [1.82, 2.24) is 5.32 Å². The molecule has 1 nitrogen and oxygen atoms in total. The second kappa shape index (κ2) is 2.10. The summed E-state index contributed by atoms with van der Waals surface area (Å²) in [5.74, 6) is 0. The molecule has 0 aromatic rings. The van der Waals surface area contributed by atoms with E-state index in [4.69, 9.17) is 0 Å². The van der Waals surface area contributed by atoms with Gasteiger partial charge in [-0.15, -0.1) is 0 Å². The summed E-state index contributed by atoms with van der Waals surface area (Å²) in [7, 11) is 0. The van der Waals surface area contributed by atoms with Crippen LogP contribution in [0.15, 0.2) is 11.1 Å². The molecule has 60 valence electrons. The number of fused-ring (bicyclic) bond motifs is 2. The highest BCUT2D eigenvalue weighted by atomic mass is 15.0. The van der Waals surface area contributed by atoms with Crippen molar-refractivity contribution in [3.8, 4) is 0 Å². The molecular formula is C10H15N. The first kappa shape index (κ1) is 6.24. The van der Waals surface area contributed by atoms with Crippen LogP contribution in [-0.4, -0.2) is 12.1 Å². The van der Waals surface area contributed by atoms with Gasteiger partial charge in [-0.25, -0.2) is 0 Å². The van der Waals surface area contributed by atoms with Crippen molar-refractivity contribution in [2.75, 3.05) is 0 Å². The number of rotatable bonds is 0. The molecule has 1 saturated carbocycles. The third kappa shape index (κ3) is 1.02. The van der Waals surface area contributed by atoms with Crippen LogP contribution in [0.3, 0.4) is 0 Å². The van der Waals surface area contributed by atoms with Crippen LogP contribution in [-0.2, 0) is 0 Å². The molecular weight excluding hydrogens is 134 g/mol. The molecule has 3 rings (SSSR count). The first-order chi connectivity index (χ1) is 5.42. The lowest BCUT2D eigenvalue weighted by molar-refractivity contribution is 0.473. The zero-order chi connectivity index (χ0) is 7.26. The van der Waals surface area contributed by atoms with Crippen LogP contribution in [0.5, 0.6) is 0 Å². The van der Waals surface area contributed by atoms with E-state index >= 15 is 0 Å². The Labute approximate surface area is 67.9 Å². The molecule has 0 spiro atoms. The van der Waals surface area contributed by atoms with Gasteiger partial charge in [0, 0.05) is 12.1 Å². The molecule has 3 fully saturated rings. The first-order valence-electron chi connectivity index (χ1n) is 4.87. The van der Waals surface area contributed by atoms with Crippen molar-refractivity contribution >= 4 is 0 Å². The molecule has 2 heterocycles. The van der Waals surface area contributed by atoms with Crippen LogP contribution < -0.4 is 5.32 Å². The van der Waals surface area contributed by atoms with E-state index in [2.05, 4.69) is 5.32 Å². The SMILES string of the molecule is C1CC1=C1C[C@H]2CC[C@@H](C1)N2. The van der Waals surface area contributed by atoms with Crippen LogP contribution in [0.1, 0.15) is 38.5 Å². The summed E-state index contributed by atoms with van der Waals surface area (Å²) in [6, 6.07) is 1.72. The van der Waals surface area contributed by atoms with Gasteiger partial charge < -0.3 is 5.32 Å². The van der Waals surface area contributed by atoms with Crippen LogP contribution >= 0.6 is 0 Å². The number of hydrogen-bond acceptors (Lipinski definition) is 1. The molecule has 1 N–H and O–H groups in total. The minimum atomic E-state index is 0.858. The van der Waals surface area contributed by atoms with E-state index < -0.39 is 0 Å². The van der Waals surface area contributed by atoms with E-state index in [1.807, 2.05) is 11.1 Å². The average Bonchev–Trinajstić information content (AvgIpc) is 2.79. The molecule has 2 aliphatic heterocycles. The van der Waals surface area contributed by atoms with Gasteiger partial charge in [0.25, 0.3) is 0 Å². The summed E-state index contributed by atoms with van der Waals surface area (Å²) in [6.07, 6.45) is 8.48. The third-order valence-electron chi connectivity index (χ3n) is 3.32. The molecule has 1 heteroatoms. The van der Waals surface area contributed by atoms with Crippen LogP contribution in [0.2, 0.25) is 0 Å². The van der Waals surface area contributed by atoms with E-state index in [0.29, 0.717) is 0 Å². The number of allylic oxidation sites excluding steroid dienone is 1. The highest BCUT2D eigenvalue weighted by molar-refractivity contribution is 5.28. The van der Waals surface area contributed by atoms with Crippen molar-refractivity contribution < 1.29 is 0 Å². The van der Waals surface area contributed by atoms with Crippen molar-refractivity contribution in [2.24, 2.45) is 0 Å². The normalized spacial score (nSPS) is 41.5. The zero-order valence-corrected chi connectivity index (χ0v) is 6.90. The van der Waals surface area contributed by atoms with Gasteiger partial charge in [-0.1, -0.05) is 11.1 Å². The molecule has 0 aromatic carbocycles. The summed E-state index contributed by atoms with van der Waals surface area (Å²) in [5, 5.41) is 3.67. The molecule has 0 radical (unpaired) electrons. The molecule has 0 aromatic heterocycles. The summed E-state index contributed by atoms with van der Waals surface area (Å²) in [5.41, 5.74) is 3.64. The Bertz CT molecular complexity index is 197. The van der Waals surface area contributed by atoms with Gasteiger partial charge in [0.2, 0.25) is 0 Å². The largest absolute Gasteiger partial charge is 0.311 e. The minimum absolute atomic E-state index is 0.858. The van der Waals surface area contributed by atoms with E-state index in [-0.39, 0.29) is 0 Å². The number of nitrogens with one attached hydrogen (secondary N) is 1. The number of piperidine rings is 1. The Morgan fingerprint density at radius 3 is 2.09 bits per heavy atom. The monoisotopic (exact) mass is 149 g/mol. The van der Waals surface area contributed by atoms with Gasteiger partial charge in [-0.2, -0.15) is 0 Å². The Kier molecular flexibility index (Phi) is 1.19. The fraction of sp³-hybridized carbons (Fsp3) is 0.800. The lowest BCUT2D eigenvalue weighted by Crippen LogP contribution is -2.34. The van der Waals surface area contributed by atoms with E-state index in [1.165, 1.54) is 38.5 Å². The standard InChI is InChI=1S/C10H15N/c1-2-7(1)8-5-9-3-4-10(6-8)11-9/h9-11H,1-6H2/t9-,10+. The van der Waals surface area contributed by atoms with E-state index in [1.54, 1.807) is 0 Å². The lowest BCUT2D eigenvalue weighted by Gasteiger charge is -2.23.